The summed E-state index contributed by atoms with van der Waals surface area (Å²) in [7, 11) is 0. The minimum atomic E-state index is -0.627. The molecule has 0 fully saturated rings. The van der Waals surface area contributed by atoms with Crippen LogP contribution in [0.5, 0.6) is 0 Å². The molecule has 0 aromatic carbocycles. The summed E-state index contributed by atoms with van der Waals surface area (Å²) in [5.74, 6) is -1.04. The molecule has 1 aromatic heterocycles. The molecule has 58 valence electrons. The van der Waals surface area contributed by atoms with E-state index in [9.17, 15) is 9.18 Å². The molecule has 0 unspecified atom stereocenters. The van der Waals surface area contributed by atoms with Crippen LogP contribution in [0.25, 0.3) is 0 Å². The van der Waals surface area contributed by atoms with Crippen LogP contribution in [-0.2, 0) is 0 Å². The molecule has 1 rings (SSSR count). The summed E-state index contributed by atoms with van der Waals surface area (Å²) in [6.07, 6.45) is 1.21. The van der Waals surface area contributed by atoms with Gasteiger partial charge < -0.3 is 0 Å². The predicted octanol–water partition coefficient (Wildman–Crippen LogP) is 2.08. The first-order valence-corrected chi connectivity index (χ1v) is 3.31. The zero-order valence-electron chi connectivity index (χ0n) is 5.77. The van der Waals surface area contributed by atoms with Crippen molar-refractivity contribution in [2.24, 2.45) is 0 Å². The number of halogens is 2. The van der Waals surface area contributed by atoms with Gasteiger partial charge in [-0.15, -0.1) is 0 Å². The minimum Gasteiger partial charge on any atom is -0.294 e. The fraction of sp³-hybridized carbons (Fsp3) is 0.143. The monoisotopic (exact) mass is 173 g/mol. The van der Waals surface area contributed by atoms with Crippen LogP contribution in [0.4, 0.5) is 4.39 Å². The highest BCUT2D eigenvalue weighted by Gasteiger charge is 2.11. The lowest BCUT2D eigenvalue weighted by atomic mass is 10.2. The average Bonchev–Trinajstić information content (AvgIpc) is 1.85. The normalized spacial score (nSPS) is 9.73. The van der Waals surface area contributed by atoms with E-state index in [4.69, 9.17) is 11.6 Å². The number of Topliss-reactive ketones (excluding diaryl/α,β-unsaturated/α-hetero) is 1. The summed E-state index contributed by atoms with van der Waals surface area (Å²) in [4.78, 5) is 14.3. The molecule has 0 N–H and O–H groups in total. The Balaban J connectivity index is 3.32. The van der Waals surface area contributed by atoms with E-state index in [2.05, 4.69) is 4.98 Å². The number of aromatic nitrogens is 1. The van der Waals surface area contributed by atoms with Crippen LogP contribution < -0.4 is 0 Å². The maximum atomic E-state index is 12.8. The third-order valence-electron chi connectivity index (χ3n) is 1.21. The van der Waals surface area contributed by atoms with E-state index in [1.54, 1.807) is 0 Å². The van der Waals surface area contributed by atoms with Gasteiger partial charge >= 0.3 is 0 Å². The lowest BCUT2D eigenvalue weighted by Crippen LogP contribution is -1.99. The van der Waals surface area contributed by atoms with Gasteiger partial charge in [0.2, 0.25) is 0 Å². The standard InChI is InChI=1S/C7H5ClFNO/c1-4(11)6-5(9)2-3-10-7(6)8/h2-3H,1H3. The number of carbonyl (C=O) groups is 1. The highest BCUT2D eigenvalue weighted by Crippen LogP contribution is 2.15. The average molecular weight is 174 g/mol. The summed E-state index contributed by atoms with van der Waals surface area (Å²) in [6.45, 7) is 1.24. The van der Waals surface area contributed by atoms with E-state index in [0.29, 0.717) is 0 Å². The number of nitrogens with zero attached hydrogens (tertiary/aromatic N) is 1. The molecule has 4 heteroatoms. The maximum absolute atomic E-state index is 12.8. The first-order chi connectivity index (χ1) is 5.13. The van der Waals surface area contributed by atoms with Crippen molar-refractivity contribution in [1.82, 2.24) is 4.98 Å². The number of ketones is 1. The van der Waals surface area contributed by atoms with Crippen molar-refractivity contribution < 1.29 is 9.18 Å². The van der Waals surface area contributed by atoms with Gasteiger partial charge in [0.1, 0.15) is 11.0 Å². The molecule has 1 aromatic rings. The molecule has 0 aliphatic carbocycles. The van der Waals surface area contributed by atoms with Gasteiger partial charge in [0.05, 0.1) is 5.56 Å². The highest BCUT2D eigenvalue weighted by molar-refractivity contribution is 6.32. The molecular formula is C7H5ClFNO. The second-order valence-electron chi connectivity index (χ2n) is 2.01. The van der Waals surface area contributed by atoms with Crippen LogP contribution >= 0.6 is 11.6 Å². The Labute approximate surface area is 68.0 Å². The van der Waals surface area contributed by atoms with Crippen molar-refractivity contribution in [3.8, 4) is 0 Å². The van der Waals surface area contributed by atoms with Gasteiger partial charge in [-0.1, -0.05) is 11.6 Å². The van der Waals surface area contributed by atoms with Crippen molar-refractivity contribution >= 4 is 17.4 Å². The highest BCUT2D eigenvalue weighted by atomic mass is 35.5. The molecule has 0 aliphatic heterocycles. The van der Waals surface area contributed by atoms with Crippen molar-refractivity contribution in [2.75, 3.05) is 0 Å². The summed E-state index contributed by atoms with van der Waals surface area (Å²) in [6, 6.07) is 1.10. The third-order valence-corrected chi connectivity index (χ3v) is 1.49. The second-order valence-corrected chi connectivity index (χ2v) is 2.37. The SMILES string of the molecule is CC(=O)c1c(F)ccnc1Cl. The smallest absolute Gasteiger partial charge is 0.165 e. The van der Waals surface area contributed by atoms with E-state index < -0.39 is 11.6 Å². The van der Waals surface area contributed by atoms with Crippen molar-refractivity contribution in [1.29, 1.82) is 0 Å². The first kappa shape index (κ1) is 8.14. The molecule has 2 nitrogen and oxygen atoms in total. The van der Waals surface area contributed by atoms with Gasteiger partial charge in [0.25, 0.3) is 0 Å². The summed E-state index contributed by atoms with van der Waals surface area (Å²) < 4.78 is 12.8. The second kappa shape index (κ2) is 2.96. The van der Waals surface area contributed by atoms with E-state index >= 15 is 0 Å². The number of pyridine rings is 1. The van der Waals surface area contributed by atoms with Gasteiger partial charge in [-0.25, -0.2) is 9.37 Å². The van der Waals surface area contributed by atoms with Crippen LogP contribution in [-0.4, -0.2) is 10.8 Å². The maximum Gasteiger partial charge on any atom is 0.165 e. The fourth-order valence-electron chi connectivity index (χ4n) is 0.728. The molecule has 11 heavy (non-hydrogen) atoms. The minimum absolute atomic E-state index is 0.0856. The third kappa shape index (κ3) is 1.54. The Morgan fingerprint density at radius 1 is 1.73 bits per heavy atom. The van der Waals surface area contributed by atoms with Crippen LogP contribution in [0.1, 0.15) is 17.3 Å². The van der Waals surface area contributed by atoms with Gasteiger partial charge in [-0.2, -0.15) is 0 Å². The zero-order chi connectivity index (χ0) is 8.43. The van der Waals surface area contributed by atoms with Crippen LogP contribution in [0, 0.1) is 5.82 Å². The van der Waals surface area contributed by atoms with Gasteiger partial charge in [0.15, 0.2) is 5.78 Å². The molecule has 0 bridgehead atoms. The number of hydrogen-bond acceptors (Lipinski definition) is 2. The largest absolute Gasteiger partial charge is 0.294 e. The Hall–Kier alpha value is -0.960. The Morgan fingerprint density at radius 3 is 2.73 bits per heavy atom. The van der Waals surface area contributed by atoms with Gasteiger partial charge in [-0.05, 0) is 13.0 Å². The Bertz CT molecular complexity index is 280. The van der Waals surface area contributed by atoms with E-state index in [1.807, 2.05) is 0 Å². The molecule has 0 radical (unpaired) electrons. The molecule has 1 heterocycles. The zero-order valence-corrected chi connectivity index (χ0v) is 6.52. The van der Waals surface area contributed by atoms with E-state index in [-0.39, 0.29) is 10.7 Å². The topological polar surface area (TPSA) is 30.0 Å². The van der Waals surface area contributed by atoms with Crippen LogP contribution in [0.15, 0.2) is 12.3 Å². The number of carbonyl (C=O) groups excluding carboxylic acids is 1. The Morgan fingerprint density at radius 2 is 2.36 bits per heavy atom. The fourth-order valence-corrected chi connectivity index (χ4v) is 1.01. The summed E-state index contributed by atoms with van der Waals surface area (Å²) in [5, 5.41) is -0.0856. The lowest BCUT2D eigenvalue weighted by Gasteiger charge is -1.98. The molecule has 0 spiro atoms. The van der Waals surface area contributed by atoms with Gasteiger partial charge in [0, 0.05) is 6.20 Å². The van der Waals surface area contributed by atoms with Crippen molar-refractivity contribution in [2.45, 2.75) is 6.92 Å². The van der Waals surface area contributed by atoms with E-state index in [1.165, 1.54) is 13.1 Å². The molecule has 0 saturated carbocycles. The predicted molar refractivity (Wildman–Crippen MR) is 39.2 cm³/mol. The molecular weight excluding hydrogens is 169 g/mol. The quantitative estimate of drug-likeness (QED) is 0.481. The summed E-state index contributed by atoms with van der Waals surface area (Å²) >= 11 is 5.45. The van der Waals surface area contributed by atoms with Crippen molar-refractivity contribution in [3.05, 3.63) is 28.8 Å². The first-order valence-electron chi connectivity index (χ1n) is 2.94. The molecule has 0 aliphatic rings. The van der Waals surface area contributed by atoms with Crippen molar-refractivity contribution in [3.63, 3.8) is 0 Å². The van der Waals surface area contributed by atoms with E-state index in [0.717, 1.165) is 6.07 Å². The van der Waals surface area contributed by atoms with Crippen LogP contribution in [0.2, 0.25) is 5.15 Å². The molecule has 0 saturated heterocycles. The molecule has 0 amide bonds. The lowest BCUT2D eigenvalue weighted by molar-refractivity contribution is 0.101. The summed E-state index contributed by atoms with van der Waals surface area (Å²) in [5.41, 5.74) is -0.144. The van der Waals surface area contributed by atoms with Crippen LogP contribution in [0.3, 0.4) is 0 Å². The number of hydrogen-bond donors (Lipinski definition) is 0. The van der Waals surface area contributed by atoms with Gasteiger partial charge in [-0.3, -0.25) is 4.79 Å². The molecule has 0 atom stereocenters. The number of rotatable bonds is 1. The Kier molecular flexibility index (Phi) is 2.19.